The second-order valence-corrected chi connectivity index (χ2v) is 9.48. The minimum absolute atomic E-state index is 0.257. The summed E-state index contributed by atoms with van der Waals surface area (Å²) in [6, 6.07) is 4.98. The van der Waals surface area contributed by atoms with E-state index in [9.17, 15) is 14.4 Å². The van der Waals surface area contributed by atoms with E-state index in [4.69, 9.17) is 4.74 Å². The van der Waals surface area contributed by atoms with E-state index < -0.39 is 23.3 Å². The molecule has 168 valence electrons. The van der Waals surface area contributed by atoms with Gasteiger partial charge in [0.2, 0.25) is 11.8 Å². The number of carbonyl (C=O) groups excluding carboxylic acids is 3. The van der Waals surface area contributed by atoms with Gasteiger partial charge in [-0.05, 0) is 79.0 Å². The highest BCUT2D eigenvalue weighted by Crippen LogP contribution is 2.28. The van der Waals surface area contributed by atoms with Crippen LogP contribution in [0.25, 0.3) is 0 Å². The van der Waals surface area contributed by atoms with Gasteiger partial charge in [0.15, 0.2) is 0 Å². The van der Waals surface area contributed by atoms with Crippen LogP contribution in [0.3, 0.4) is 0 Å². The van der Waals surface area contributed by atoms with E-state index in [-0.39, 0.29) is 18.4 Å². The molecular formula is C23H37N3O4. The van der Waals surface area contributed by atoms with Crippen LogP contribution in [-0.4, -0.2) is 47.0 Å². The highest BCUT2D eigenvalue weighted by molar-refractivity contribution is 5.91. The number of aryl methyl sites for hydroxylation is 2. The Bertz CT molecular complexity index is 755. The van der Waals surface area contributed by atoms with Crippen LogP contribution < -0.4 is 10.6 Å². The molecule has 1 rings (SSSR count). The average molecular weight is 420 g/mol. The van der Waals surface area contributed by atoms with Crippen LogP contribution >= 0.6 is 0 Å². The van der Waals surface area contributed by atoms with Gasteiger partial charge in [-0.15, -0.1) is 0 Å². The maximum Gasteiger partial charge on any atom is 0.408 e. The normalized spacial score (nSPS) is 12.7. The zero-order chi connectivity index (χ0) is 23.3. The van der Waals surface area contributed by atoms with Crippen molar-refractivity contribution >= 4 is 17.9 Å². The first-order valence-electron chi connectivity index (χ1n) is 10.3. The molecule has 1 aromatic rings. The Kier molecular flexibility index (Phi) is 8.45. The fraction of sp³-hybridized carbons (Fsp3) is 0.609. The Morgan fingerprint density at radius 1 is 1.03 bits per heavy atom. The number of amides is 3. The Morgan fingerprint density at radius 3 is 2.00 bits per heavy atom. The standard InChI is InChI=1S/C23H37N3O4/c1-10-26(17(27)14-24-21(29)30-23(7,8)9)19(20(28)25-22(4,5)6)18-15(2)12-11-13-16(18)3/h11-13,19H,10,14H2,1-9H3,(H,24,29)(H,25,28). The number of likely N-dealkylation sites (N-methyl/N-ethyl adjacent to an activating group) is 1. The van der Waals surface area contributed by atoms with E-state index in [1.807, 2.05) is 59.7 Å². The van der Waals surface area contributed by atoms with Gasteiger partial charge in [0.25, 0.3) is 0 Å². The van der Waals surface area contributed by atoms with Gasteiger partial charge in [-0.3, -0.25) is 9.59 Å². The maximum absolute atomic E-state index is 13.3. The van der Waals surface area contributed by atoms with E-state index in [1.165, 1.54) is 4.90 Å². The molecule has 0 aliphatic rings. The molecule has 1 aromatic carbocycles. The van der Waals surface area contributed by atoms with Gasteiger partial charge < -0.3 is 20.3 Å². The van der Waals surface area contributed by atoms with E-state index >= 15 is 0 Å². The Labute approximate surface area is 180 Å². The van der Waals surface area contributed by atoms with Gasteiger partial charge in [0, 0.05) is 12.1 Å². The number of ether oxygens (including phenoxy) is 1. The molecule has 0 fully saturated rings. The molecule has 3 amide bonds. The van der Waals surface area contributed by atoms with Gasteiger partial charge in [-0.2, -0.15) is 0 Å². The minimum atomic E-state index is -0.802. The molecule has 30 heavy (non-hydrogen) atoms. The van der Waals surface area contributed by atoms with Crippen LogP contribution in [0.4, 0.5) is 4.79 Å². The van der Waals surface area contributed by atoms with Gasteiger partial charge in [0.1, 0.15) is 18.2 Å². The predicted octanol–water partition coefficient (Wildman–Crippen LogP) is 3.63. The van der Waals surface area contributed by atoms with Crippen molar-refractivity contribution in [2.24, 2.45) is 0 Å². The molecule has 0 saturated heterocycles. The summed E-state index contributed by atoms with van der Waals surface area (Å²) in [5, 5.41) is 5.49. The van der Waals surface area contributed by atoms with Gasteiger partial charge in [-0.1, -0.05) is 18.2 Å². The predicted molar refractivity (Wildman–Crippen MR) is 118 cm³/mol. The SMILES string of the molecule is CCN(C(=O)CNC(=O)OC(C)(C)C)C(C(=O)NC(C)(C)C)c1c(C)cccc1C. The summed E-state index contributed by atoms with van der Waals surface area (Å²) in [6.45, 7) is 16.7. The van der Waals surface area contributed by atoms with Crippen molar-refractivity contribution in [2.75, 3.05) is 13.1 Å². The van der Waals surface area contributed by atoms with Crippen LogP contribution in [0.2, 0.25) is 0 Å². The van der Waals surface area contributed by atoms with E-state index in [2.05, 4.69) is 10.6 Å². The molecule has 1 unspecified atom stereocenters. The van der Waals surface area contributed by atoms with Crippen molar-refractivity contribution in [3.8, 4) is 0 Å². The lowest BCUT2D eigenvalue weighted by molar-refractivity contribution is -0.140. The third-order valence-electron chi connectivity index (χ3n) is 4.32. The smallest absolute Gasteiger partial charge is 0.408 e. The molecule has 2 N–H and O–H groups in total. The second-order valence-electron chi connectivity index (χ2n) is 9.48. The summed E-state index contributed by atoms with van der Waals surface area (Å²) in [5.74, 6) is -0.618. The molecule has 1 atom stereocenters. The van der Waals surface area contributed by atoms with Crippen LogP contribution in [0.5, 0.6) is 0 Å². The fourth-order valence-corrected chi connectivity index (χ4v) is 3.19. The number of nitrogens with zero attached hydrogens (tertiary/aromatic N) is 1. The highest BCUT2D eigenvalue weighted by Gasteiger charge is 2.34. The van der Waals surface area contributed by atoms with Gasteiger partial charge in [0.05, 0.1) is 0 Å². The fourth-order valence-electron chi connectivity index (χ4n) is 3.19. The lowest BCUT2D eigenvalue weighted by Gasteiger charge is -2.34. The van der Waals surface area contributed by atoms with Crippen LogP contribution in [-0.2, 0) is 14.3 Å². The molecule has 7 heteroatoms. The van der Waals surface area contributed by atoms with Crippen LogP contribution in [0.15, 0.2) is 18.2 Å². The Morgan fingerprint density at radius 2 is 1.57 bits per heavy atom. The van der Waals surface area contributed by atoms with E-state index in [0.29, 0.717) is 6.54 Å². The van der Waals surface area contributed by atoms with Gasteiger partial charge in [-0.25, -0.2) is 4.79 Å². The summed E-state index contributed by atoms with van der Waals surface area (Å²) in [4.78, 5) is 39.8. The summed E-state index contributed by atoms with van der Waals surface area (Å²) >= 11 is 0. The van der Waals surface area contributed by atoms with E-state index in [0.717, 1.165) is 16.7 Å². The molecule has 0 aromatic heterocycles. The quantitative estimate of drug-likeness (QED) is 0.737. The molecule has 0 saturated carbocycles. The lowest BCUT2D eigenvalue weighted by Crippen LogP contribution is -2.51. The second kappa shape index (κ2) is 9.96. The number of hydrogen-bond acceptors (Lipinski definition) is 4. The molecule has 0 heterocycles. The number of carbonyl (C=O) groups is 3. The topological polar surface area (TPSA) is 87.7 Å². The lowest BCUT2D eigenvalue weighted by atomic mass is 9.93. The van der Waals surface area contributed by atoms with Crippen molar-refractivity contribution in [1.29, 1.82) is 0 Å². The first-order chi connectivity index (χ1) is 13.7. The highest BCUT2D eigenvalue weighted by atomic mass is 16.6. The monoisotopic (exact) mass is 419 g/mol. The molecule has 0 spiro atoms. The average Bonchev–Trinajstić information content (AvgIpc) is 2.55. The Balaban J connectivity index is 3.21. The summed E-state index contributed by atoms with van der Waals surface area (Å²) < 4.78 is 5.20. The molecular weight excluding hydrogens is 382 g/mol. The maximum atomic E-state index is 13.3. The van der Waals surface area contributed by atoms with Crippen molar-refractivity contribution in [2.45, 2.75) is 79.5 Å². The number of alkyl carbamates (subject to hydrolysis) is 1. The number of benzene rings is 1. The molecule has 0 aliphatic carbocycles. The minimum Gasteiger partial charge on any atom is -0.444 e. The van der Waals surface area contributed by atoms with Crippen molar-refractivity contribution in [3.63, 3.8) is 0 Å². The third-order valence-corrected chi connectivity index (χ3v) is 4.32. The largest absolute Gasteiger partial charge is 0.444 e. The van der Waals surface area contributed by atoms with Crippen molar-refractivity contribution < 1.29 is 19.1 Å². The van der Waals surface area contributed by atoms with Gasteiger partial charge >= 0.3 is 6.09 Å². The third kappa shape index (κ3) is 7.69. The summed E-state index contributed by atoms with van der Waals surface area (Å²) in [6.07, 6.45) is -0.672. The molecule has 7 nitrogen and oxygen atoms in total. The van der Waals surface area contributed by atoms with Crippen LogP contribution in [0, 0.1) is 13.8 Å². The molecule has 0 bridgehead atoms. The van der Waals surface area contributed by atoms with E-state index in [1.54, 1.807) is 20.8 Å². The molecule has 0 aliphatic heterocycles. The number of rotatable bonds is 6. The first kappa shape index (κ1) is 25.5. The summed E-state index contributed by atoms with van der Waals surface area (Å²) in [5.41, 5.74) is 1.53. The zero-order valence-electron chi connectivity index (χ0n) is 19.8. The number of hydrogen-bond donors (Lipinski definition) is 2. The number of nitrogens with one attached hydrogen (secondary N) is 2. The van der Waals surface area contributed by atoms with Crippen LogP contribution in [0.1, 0.15) is 71.2 Å². The van der Waals surface area contributed by atoms with Crippen molar-refractivity contribution in [1.82, 2.24) is 15.5 Å². The Hall–Kier alpha value is -2.57. The summed E-state index contributed by atoms with van der Waals surface area (Å²) in [7, 11) is 0. The zero-order valence-corrected chi connectivity index (χ0v) is 19.8. The molecule has 0 radical (unpaired) electrons. The van der Waals surface area contributed by atoms with Crippen molar-refractivity contribution in [3.05, 3.63) is 34.9 Å². The first-order valence-corrected chi connectivity index (χ1v) is 10.3.